The maximum absolute atomic E-state index is 12.3. The molecule has 0 bridgehead atoms. The van der Waals surface area contributed by atoms with Gasteiger partial charge in [-0.1, -0.05) is 43.2 Å². The molecule has 1 unspecified atom stereocenters. The molecule has 3 amide bonds. The van der Waals surface area contributed by atoms with Crippen LogP contribution >= 0.6 is 0 Å². The molecule has 150 valence electrons. The topological polar surface area (TPSA) is 84.9 Å². The fourth-order valence-corrected chi connectivity index (χ4v) is 3.38. The van der Waals surface area contributed by atoms with Gasteiger partial charge in [0, 0.05) is 45.2 Å². The summed E-state index contributed by atoms with van der Waals surface area (Å²) in [6.45, 7) is 6.15. The average molecular weight is 377 g/mol. The van der Waals surface area contributed by atoms with Crippen molar-refractivity contribution >= 4 is 11.9 Å². The molecule has 1 aromatic rings. The quantitative estimate of drug-likeness (QED) is 0.351. The Hall–Kier alpha value is -2.12. The van der Waals surface area contributed by atoms with E-state index in [4.69, 9.17) is 5.21 Å². The highest BCUT2D eigenvalue weighted by Crippen LogP contribution is 2.21. The highest BCUT2D eigenvalue weighted by atomic mass is 16.5. The number of hydrogen-bond donors (Lipinski definition) is 3. The molecule has 3 N–H and O–H groups in total. The molecule has 0 aromatic heterocycles. The predicted molar refractivity (Wildman–Crippen MR) is 104 cm³/mol. The Balaban J connectivity index is 1.58. The van der Waals surface area contributed by atoms with E-state index in [1.807, 2.05) is 11.0 Å². The van der Waals surface area contributed by atoms with Crippen LogP contribution in [-0.4, -0.2) is 59.7 Å². The Kier molecular flexibility index (Phi) is 9.07. The normalized spacial score (nSPS) is 16.0. The third-order valence-electron chi connectivity index (χ3n) is 5.16. The lowest BCUT2D eigenvalue weighted by molar-refractivity contribution is -0.129. The highest BCUT2D eigenvalue weighted by Gasteiger charge is 2.24. The van der Waals surface area contributed by atoms with Crippen molar-refractivity contribution in [3.8, 4) is 0 Å². The molecule has 2 rings (SSSR count). The first-order valence-corrected chi connectivity index (χ1v) is 9.86. The number of nitrogens with zero attached hydrogens (tertiary/aromatic N) is 2. The molecular weight excluding hydrogens is 344 g/mol. The molecule has 1 aromatic carbocycles. The maximum Gasteiger partial charge on any atom is 0.317 e. The van der Waals surface area contributed by atoms with Crippen LogP contribution in [0.15, 0.2) is 30.3 Å². The monoisotopic (exact) mass is 376 g/mol. The number of urea groups is 1. The third-order valence-corrected chi connectivity index (χ3v) is 5.16. The van der Waals surface area contributed by atoms with Crippen molar-refractivity contribution < 1.29 is 14.8 Å². The minimum atomic E-state index is -0.343. The number of rotatable bonds is 9. The summed E-state index contributed by atoms with van der Waals surface area (Å²) in [5.41, 5.74) is 2.94. The van der Waals surface area contributed by atoms with Crippen LogP contribution in [-0.2, 0) is 4.79 Å². The molecule has 1 aliphatic rings. The first kappa shape index (κ1) is 21.2. The van der Waals surface area contributed by atoms with Crippen LogP contribution in [0.25, 0.3) is 0 Å². The Labute approximate surface area is 161 Å². The van der Waals surface area contributed by atoms with Crippen molar-refractivity contribution in [2.75, 3.05) is 32.7 Å². The van der Waals surface area contributed by atoms with Crippen molar-refractivity contribution in [1.82, 2.24) is 20.6 Å². The number of hydroxylamine groups is 1. The second-order valence-electron chi connectivity index (χ2n) is 7.04. The number of unbranched alkanes of at least 4 members (excludes halogenated alkanes) is 3. The minimum Gasteiger partial charge on any atom is -0.338 e. The molecule has 7 heteroatoms. The Morgan fingerprint density at radius 1 is 1.04 bits per heavy atom. The number of piperazine rings is 1. The van der Waals surface area contributed by atoms with Gasteiger partial charge in [-0.05, 0) is 25.3 Å². The van der Waals surface area contributed by atoms with Crippen molar-refractivity contribution in [1.29, 1.82) is 0 Å². The Morgan fingerprint density at radius 2 is 1.70 bits per heavy atom. The number of benzene rings is 1. The number of carbonyl (C=O) groups excluding carboxylic acids is 2. The standard InChI is InChI=1S/C20H32N4O3/c1-17(18-9-5-4-6-10-18)23-13-15-24(16-14-23)20(26)21-12-8-3-2-7-11-19(25)22-27/h4-6,9-10,17,27H,2-3,7-8,11-16H2,1H3,(H,21,26)(H,22,25). The van der Waals surface area contributed by atoms with E-state index in [9.17, 15) is 9.59 Å². The van der Waals surface area contributed by atoms with Gasteiger partial charge < -0.3 is 10.2 Å². The molecule has 1 atom stereocenters. The lowest BCUT2D eigenvalue weighted by Gasteiger charge is -2.38. The zero-order chi connectivity index (χ0) is 19.5. The molecule has 1 heterocycles. The number of nitrogens with one attached hydrogen (secondary N) is 2. The van der Waals surface area contributed by atoms with E-state index in [0.29, 0.717) is 19.0 Å². The summed E-state index contributed by atoms with van der Waals surface area (Å²) in [5.74, 6) is -0.343. The van der Waals surface area contributed by atoms with Crippen molar-refractivity contribution in [3.63, 3.8) is 0 Å². The van der Waals surface area contributed by atoms with E-state index in [1.165, 1.54) is 5.56 Å². The largest absolute Gasteiger partial charge is 0.338 e. The predicted octanol–water partition coefficient (Wildman–Crippen LogP) is 2.53. The molecule has 0 saturated carbocycles. The van der Waals surface area contributed by atoms with Crippen LogP contribution in [0, 0.1) is 0 Å². The summed E-state index contributed by atoms with van der Waals surface area (Å²) in [4.78, 5) is 27.5. The molecule has 1 fully saturated rings. The van der Waals surface area contributed by atoms with E-state index in [1.54, 1.807) is 5.48 Å². The number of amides is 3. The summed E-state index contributed by atoms with van der Waals surface area (Å²) in [7, 11) is 0. The second kappa shape index (κ2) is 11.6. The number of hydrogen-bond acceptors (Lipinski definition) is 4. The lowest BCUT2D eigenvalue weighted by atomic mass is 10.1. The van der Waals surface area contributed by atoms with Crippen molar-refractivity contribution in [2.24, 2.45) is 0 Å². The SMILES string of the molecule is CC(c1ccccc1)N1CCN(C(=O)NCCCCCCC(=O)NO)CC1. The third kappa shape index (κ3) is 7.19. The zero-order valence-corrected chi connectivity index (χ0v) is 16.2. The highest BCUT2D eigenvalue weighted by molar-refractivity contribution is 5.74. The first-order chi connectivity index (χ1) is 13.1. The summed E-state index contributed by atoms with van der Waals surface area (Å²) in [6.07, 6.45) is 3.87. The molecule has 27 heavy (non-hydrogen) atoms. The van der Waals surface area contributed by atoms with Gasteiger partial charge in [0.2, 0.25) is 5.91 Å². The van der Waals surface area contributed by atoms with Crippen LogP contribution in [0.4, 0.5) is 4.79 Å². The minimum absolute atomic E-state index is 0.0154. The van der Waals surface area contributed by atoms with E-state index < -0.39 is 0 Å². The molecular formula is C20H32N4O3. The zero-order valence-electron chi connectivity index (χ0n) is 16.2. The van der Waals surface area contributed by atoms with Gasteiger partial charge in [-0.2, -0.15) is 0 Å². The Morgan fingerprint density at radius 3 is 2.37 bits per heavy atom. The number of carbonyl (C=O) groups is 2. The molecule has 0 radical (unpaired) electrons. The van der Waals surface area contributed by atoms with Gasteiger partial charge in [-0.25, -0.2) is 10.3 Å². The molecule has 7 nitrogen and oxygen atoms in total. The smallest absolute Gasteiger partial charge is 0.317 e. The van der Waals surface area contributed by atoms with Gasteiger partial charge >= 0.3 is 6.03 Å². The summed E-state index contributed by atoms with van der Waals surface area (Å²) < 4.78 is 0. The van der Waals surface area contributed by atoms with Crippen LogP contribution in [0.1, 0.15) is 50.6 Å². The maximum atomic E-state index is 12.3. The van der Waals surface area contributed by atoms with Crippen LogP contribution in [0.5, 0.6) is 0 Å². The van der Waals surface area contributed by atoms with Crippen LogP contribution in [0.3, 0.4) is 0 Å². The molecule has 1 aliphatic heterocycles. The average Bonchev–Trinajstić information content (AvgIpc) is 2.72. The van der Waals surface area contributed by atoms with E-state index in [2.05, 4.69) is 41.4 Å². The summed E-state index contributed by atoms with van der Waals surface area (Å²) >= 11 is 0. The molecule has 0 spiro atoms. The van der Waals surface area contributed by atoms with Gasteiger partial charge in [0.25, 0.3) is 0 Å². The summed E-state index contributed by atoms with van der Waals surface area (Å²) in [5, 5.41) is 11.4. The summed E-state index contributed by atoms with van der Waals surface area (Å²) in [6, 6.07) is 10.9. The van der Waals surface area contributed by atoms with E-state index in [0.717, 1.165) is 51.9 Å². The van der Waals surface area contributed by atoms with Crippen LogP contribution in [0.2, 0.25) is 0 Å². The molecule has 1 saturated heterocycles. The van der Waals surface area contributed by atoms with Crippen LogP contribution < -0.4 is 10.8 Å². The molecule has 0 aliphatic carbocycles. The van der Waals surface area contributed by atoms with Gasteiger partial charge in [0.05, 0.1) is 0 Å². The van der Waals surface area contributed by atoms with Gasteiger partial charge in [-0.3, -0.25) is 14.9 Å². The van der Waals surface area contributed by atoms with E-state index in [-0.39, 0.29) is 11.9 Å². The van der Waals surface area contributed by atoms with Crippen molar-refractivity contribution in [2.45, 2.75) is 45.1 Å². The lowest BCUT2D eigenvalue weighted by Crippen LogP contribution is -2.52. The van der Waals surface area contributed by atoms with Gasteiger partial charge in [0.1, 0.15) is 0 Å². The van der Waals surface area contributed by atoms with E-state index >= 15 is 0 Å². The van der Waals surface area contributed by atoms with Gasteiger partial charge in [-0.15, -0.1) is 0 Å². The first-order valence-electron chi connectivity index (χ1n) is 9.86. The van der Waals surface area contributed by atoms with Crippen molar-refractivity contribution in [3.05, 3.63) is 35.9 Å². The Bertz CT molecular complexity index is 574. The fraction of sp³-hybridized carbons (Fsp3) is 0.600. The fourth-order valence-electron chi connectivity index (χ4n) is 3.38. The second-order valence-corrected chi connectivity index (χ2v) is 7.04. The van der Waals surface area contributed by atoms with Gasteiger partial charge in [0.15, 0.2) is 0 Å².